The second-order valence-electron chi connectivity index (χ2n) is 10.9. The zero-order valence-electron chi connectivity index (χ0n) is 22.6. The molecule has 0 spiro atoms. The summed E-state index contributed by atoms with van der Waals surface area (Å²) in [4.78, 5) is 33.4. The average Bonchev–Trinajstić information content (AvgIpc) is 2.84. The van der Waals surface area contributed by atoms with E-state index >= 15 is 0 Å². The molecule has 4 heterocycles. The normalized spacial score (nSPS) is 20.7. The van der Waals surface area contributed by atoms with E-state index in [2.05, 4.69) is 54.4 Å². The van der Waals surface area contributed by atoms with E-state index in [0.717, 1.165) is 17.1 Å². The predicted octanol–water partition coefficient (Wildman–Crippen LogP) is 5.88. The highest BCUT2D eigenvalue weighted by Gasteiger charge is 2.40. The molecule has 0 N–H and O–H groups in total. The number of pyridine rings is 2. The van der Waals surface area contributed by atoms with Crippen LogP contribution >= 0.6 is 23.4 Å². The summed E-state index contributed by atoms with van der Waals surface area (Å²) in [7, 11) is 0. The molecule has 4 rings (SSSR count). The van der Waals surface area contributed by atoms with E-state index in [1.54, 1.807) is 11.1 Å². The smallest absolute Gasteiger partial charge is 0.227 e. The topological polar surface area (TPSA) is 64.9 Å². The van der Waals surface area contributed by atoms with Crippen LogP contribution in [0.5, 0.6) is 0 Å². The molecule has 0 aliphatic carbocycles. The number of rotatable bonds is 3. The maximum absolute atomic E-state index is 14.9. The average molecular weight is 545 g/mol. The number of aromatic nitrogens is 2. The molecule has 1 fully saturated rings. The number of aliphatic imine (C=N–C) groups is 1. The van der Waals surface area contributed by atoms with Crippen LogP contribution in [-0.2, 0) is 4.79 Å². The monoisotopic (exact) mass is 544 g/mol. The summed E-state index contributed by atoms with van der Waals surface area (Å²) in [5, 5.41) is -0.269. The van der Waals surface area contributed by atoms with E-state index in [9.17, 15) is 9.18 Å². The van der Waals surface area contributed by atoms with E-state index in [1.165, 1.54) is 17.8 Å². The molecule has 7 nitrogen and oxygen atoms in total. The van der Waals surface area contributed by atoms with Gasteiger partial charge in [0.25, 0.3) is 0 Å². The van der Waals surface area contributed by atoms with E-state index < -0.39 is 5.82 Å². The second kappa shape index (κ2) is 10.4. The number of hydrogen-bond donors (Lipinski definition) is 0. The lowest BCUT2D eigenvalue weighted by Gasteiger charge is -2.51. The van der Waals surface area contributed by atoms with Crippen LogP contribution in [0.4, 0.5) is 15.9 Å². The van der Waals surface area contributed by atoms with Gasteiger partial charge >= 0.3 is 0 Å². The number of amidine groups is 1. The molecule has 0 radical (unpaired) electrons. The molecule has 0 bridgehead atoms. The molecule has 1 saturated heterocycles. The fourth-order valence-corrected chi connectivity index (χ4v) is 5.94. The van der Waals surface area contributed by atoms with Crippen LogP contribution in [0.25, 0.3) is 0 Å². The van der Waals surface area contributed by atoms with Crippen LogP contribution in [0.3, 0.4) is 0 Å². The quantitative estimate of drug-likeness (QED) is 0.271. The first-order chi connectivity index (χ1) is 17.4. The predicted molar refractivity (Wildman–Crippen MR) is 149 cm³/mol. The first-order valence-corrected chi connectivity index (χ1v) is 14.1. The molecule has 2 aromatic heterocycles. The maximum atomic E-state index is 14.9. The number of fused-ring (bicyclic) bond motifs is 1. The molecule has 2 aromatic rings. The molecule has 0 unspecified atom stereocenters. The SMILES string of the molecule is CSc1ccnc(C(C)C)c1N1C(=C=O)N=C(N2C[C@@H](C)N(C(C)(C)C)C[C@@H]2C)c2cc(F)c(Cl)nc21. The molecule has 2 atom stereocenters. The van der Waals surface area contributed by atoms with Gasteiger partial charge in [-0.15, -0.1) is 11.8 Å². The van der Waals surface area contributed by atoms with Gasteiger partial charge in [-0.3, -0.25) is 14.8 Å². The molecule has 0 amide bonds. The highest BCUT2D eigenvalue weighted by molar-refractivity contribution is 7.98. The Morgan fingerprint density at radius 3 is 2.51 bits per heavy atom. The van der Waals surface area contributed by atoms with Gasteiger partial charge in [-0.25, -0.2) is 19.2 Å². The van der Waals surface area contributed by atoms with Gasteiger partial charge in [-0.05, 0) is 58.9 Å². The van der Waals surface area contributed by atoms with Crippen LogP contribution in [0.15, 0.2) is 34.0 Å². The van der Waals surface area contributed by atoms with Crippen molar-refractivity contribution in [3.63, 3.8) is 0 Å². The number of carbonyl (C=O) groups excluding carboxylic acids is 1. The van der Waals surface area contributed by atoms with Gasteiger partial charge in [0.05, 0.1) is 16.9 Å². The lowest BCUT2D eigenvalue weighted by atomic mass is 9.97. The number of halogens is 2. The Bertz CT molecular complexity index is 1290. The zero-order chi connectivity index (χ0) is 27.2. The third-order valence-corrected chi connectivity index (χ3v) is 7.94. The summed E-state index contributed by atoms with van der Waals surface area (Å²) >= 11 is 7.74. The molecule has 198 valence electrons. The molecule has 2 aliphatic rings. The number of piperazine rings is 1. The summed E-state index contributed by atoms with van der Waals surface area (Å²) in [5.74, 6) is 2.33. The van der Waals surface area contributed by atoms with Crippen LogP contribution in [-0.4, -0.2) is 68.5 Å². The highest BCUT2D eigenvalue weighted by Crippen LogP contribution is 2.44. The lowest BCUT2D eigenvalue weighted by Crippen LogP contribution is -2.63. The zero-order valence-corrected chi connectivity index (χ0v) is 24.2. The van der Waals surface area contributed by atoms with Gasteiger partial charge in [-0.2, -0.15) is 0 Å². The molecule has 10 heteroatoms. The van der Waals surface area contributed by atoms with E-state index in [0.29, 0.717) is 29.4 Å². The second-order valence-corrected chi connectivity index (χ2v) is 12.1. The largest absolute Gasteiger partial charge is 0.350 e. The van der Waals surface area contributed by atoms with Crippen molar-refractivity contribution in [2.24, 2.45) is 4.99 Å². The van der Waals surface area contributed by atoms with Crippen LogP contribution in [0.2, 0.25) is 5.15 Å². The minimum Gasteiger partial charge on any atom is -0.350 e. The molecule has 0 aromatic carbocycles. The Morgan fingerprint density at radius 2 is 1.92 bits per heavy atom. The first kappa shape index (κ1) is 27.6. The Hall–Kier alpha value is -2.45. The maximum Gasteiger partial charge on any atom is 0.227 e. The number of thioether (sulfide) groups is 1. The van der Waals surface area contributed by atoms with Crippen LogP contribution in [0.1, 0.15) is 65.6 Å². The van der Waals surface area contributed by atoms with Gasteiger partial charge < -0.3 is 4.90 Å². The van der Waals surface area contributed by atoms with Crippen molar-refractivity contribution in [3.05, 3.63) is 46.4 Å². The molecular formula is C27H34ClFN6OS. The van der Waals surface area contributed by atoms with Gasteiger partial charge in [0.2, 0.25) is 5.82 Å². The van der Waals surface area contributed by atoms with Gasteiger partial charge in [-0.1, -0.05) is 25.4 Å². The van der Waals surface area contributed by atoms with Crippen molar-refractivity contribution < 1.29 is 9.18 Å². The van der Waals surface area contributed by atoms with Crippen molar-refractivity contribution in [2.45, 2.75) is 76.9 Å². The van der Waals surface area contributed by atoms with Crippen molar-refractivity contribution in [1.29, 1.82) is 0 Å². The molecule has 37 heavy (non-hydrogen) atoms. The van der Waals surface area contributed by atoms with E-state index in [4.69, 9.17) is 16.6 Å². The Morgan fingerprint density at radius 1 is 1.22 bits per heavy atom. The van der Waals surface area contributed by atoms with Crippen LogP contribution in [0, 0.1) is 5.82 Å². The van der Waals surface area contributed by atoms with Gasteiger partial charge in [0, 0.05) is 41.8 Å². The first-order valence-electron chi connectivity index (χ1n) is 12.5. The Labute approximate surface area is 227 Å². The highest BCUT2D eigenvalue weighted by atomic mass is 35.5. The molecule has 2 aliphatic heterocycles. The summed E-state index contributed by atoms with van der Waals surface area (Å²) in [6.07, 6.45) is 3.70. The standard InChI is InChI=1S/C27H34ClFN6OS/c1-15(2)22-23(20(37-8)9-10-30-22)35-21(14-36)31-25(18-11-19(29)24(28)32-26(18)35)33-12-17(4)34(13-16(33)3)27(5,6)7/h9-11,15-17H,12-13H2,1-8H3/t16-,17+/m0/s1. The van der Waals surface area contributed by atoms with Crippen molar-refractivity contribution in [1.82, 2.24) is 19.8 Å². The number of anilines is 2. The molecule has 0 saturated carbocycles. The number of hydrogen-bond acceptors (Lipinski definition) is 8. The third kappa shape index (κ3) is 5.02. The van der Waals surface area contributed by atoms with E-state index in [-0.39, 0.29) is 34.5 Å². The Balaban J connectivity index is 1.93. The van der Waals surface area contributed by atoms with Crippen molar-refractivity contribution in [3.8, 4) is 0 Å². The van der Waals surface area contributed by atoms with Crippen molar-refractivity contribution in [2.75, 3.05) is 24.2 Å². The summed E-state index contributed by atoms with van der Waals surface area (Å²) in [6.45, 7) is 16.4. The minimum absolute atomic E-state index is 0.000325. The van der Waals surface area contributed by atoms with Crippen molar-refractivity contribution >= 4 is 46.6 Å². The van der Waals surface area contributed by atoms with Gasteiger partial charge in [0.1, 0.15) is 5.84 Å². The van der Waals surface area contributed by atoms with Crippen LogP contribution < -0.4 is 4.90 Å². The minimum atomic E-state index is -0.638. The fraction of sp³-hybridized carbons (Fsp3) is 0.519. The number of nitrogens with zero attached hydrogens (tertiary/aromatic N) is 6. The van der Waals surface area contributed by atoms with Gasteiger partial charge in [0.15, 0.2) is 22.7 Å². The fourth-order valence-electron chi connectivity index (χ4n) is 5.22. The summed E-state index contributed by atoms with van der Waals surface area (Å²) < 4.78 is 14.9. The molecular weight excluding hydrogens is 511 g/mol. The Kier molecular flexibility index (Phi) is 7.73. The lowest BCUT2D eigenvalue weighted by molar-refractivity contribution is 0.0161. The third-order valence-electron chi connectivity index (χ3n) is 6.91. The van der Waals surface area contributed by atoms with E-state index in [1.807, 2.05) is 32.1 Å². The summed E-state index contributed by atoms with van der Waals surface area (Å²) in [6, 6.07) is 3.53. The summed E-state index contributed by atoms with van der Waals surface area (Å²) in [5.41, 5.74) is 1.93.